The number of ether oxygens (including phenoxy) is 1. The van der Waals surface area contributed by atoms with Gasteiger partial charge in [-0.15, -0.1) is 0 Å². The minimum absolute atomic E-state index is 0.122. The maximum Gasteiger partial charge on any atom is 0.352 e. The van der Waals surface area contributed by atoms with Gasteiger partial charge in [-0.25, -0.2) is 4.79 Å². The molecule has 7 nitrogen and oxygen atoms in total. The van der Waals surface area contributed by atoms with Gasteiger partial charge >= 0.3 is 5.97 Å². The molecule has 1 fully saturated rings. The van der Waals surface area contributed by atoms with Crippen molar-refractivity contribution in [3.8, 4) is 0 Å². The van der Waals surface area contributed by atoms with Crippen molar-refractivity contribution in [3.63, 3.8) is 0 Å². The summed E-state index contributed by atoms with van der Waals surface area (Å²) in [6.45, 7) is 0.942. The summed E-state index contributed by atoms with van der Waals surface area (Å²) in [7, 11) is 1.59. The molecule has 1 aromatic carbocycles. The molecule has 29 heavy (non-hydrogen) atoms. The van der Waals surface area contributed by atoms with Gasteiger partial charge in [0.05, 0.1) is 11.8 Å². The Kier molecular flexibility index (Phi) is 5.19. The summed E-state index contributed by atoms with van der Waals surface area (Å²) in [4.78, 5) is 37.2. The number of carbonyl (C=O) groups excluding carboxylic acids is 2. The van der Waals surface area contributed by atoms with Gasteiger partial charge in [-0.3, -0.25) is 14.9 Å². The maximum absolute atomic E-state index is 12.7. The smallest absolute Gasteiger partial charge is 0.352 e. The number of hydrogen-bond acceptors (Lipinski definition) is 4. The first-order valence-corrected chi connectivity index (χ1v) is 9.85. The van der Waals surface area contributed by atoms with E-state index in [2.05, 4.69) is 5.32 Å². The van der Waals surface area contributed by atoms with Crippen molar-refractivity contribution in [2.45, 2.75) is 31.2 Å². The first kappa shape index (κ1) is 19.7. The van der Waals surface area contributed by atoms with Crippen molar-refractivity contribution in [3.05, 3.63) is 57.9 Å². The van der Waals surface area contributed by atoms with E-state index in [4.69, 9.17) is 16.3 Å². The maximum atomic E-state index is 12.7. The van der Waals surface area contributed by atoms with Crippen LogP contribution in [0.15, 0.2) is 30.3 Å². The standard InChI is InChI=1S/C21H21ClN2O5/c1-29-8-4-7-24-15-9-12(11-5-2-3-6-14(11)22)17-18(20(26)23-19(17)25)13(15)10-16(24)21(27)28/h2-3,5-6,10,12,17-18H,4,7-9H2,1H3,(H,27,28)(H,23,25,26). The molecule has 0 spiro atoms. The number of halogens is 1. The van der Waals surface area contributed by atoms with Gasteiger partial charge in [-0.05, 0) is 36.1 Å². The number of nitrogens with one attached hydrogen (secondary N) is 1. The summed E-state index contributed by atoms with van der Waals surface area (Å²) in [6.07, 6.45) is 1.06. The zero-order valence-corrected chi connectivity index (χ0v) is 16.6. The Morgan fingerprint density at radius 3 is 2.72 bits per heavy atom. The van der Waals surface area contributed by atoms with Gasteiger partial charge in [0.25, 0.3) is 0 Å². The zero-order chi connectivity index (χ0) is 20.7. The van der Waals surface area contributed by atoms with Gasteiger partial charge in [-0.2, -0.15) is 0 Å². The molecule has 1 aliphatic carbocycles. The molecule has 2 aliphatic rings. The second kappa shape index (κ2) is 7.65. The Morgan fingerprint density at radius 2 is 2.03 bits per heavy atom. The third-order valence-electron chi connectivity index (χ3n) is 5.87. The molecule has 0 radical (unpaired) electrons. The van der Waals surface area contributed by atoms with E-state index in [0.29, 0.717) is 36.6 Å². The number of imide groups is 1. The van der Waals surface area contributed by atoms with Gasteiger partial charge < -0.3 is 14.4 Å². The van der Waals surface area contributed by atoms with Crippen molar-refractivity contribution in [2.75, 3.05) is 13.7 Å². The van der Waals surface area contributed by atoms with Crippen molar-refractivity contribution in [1.29, 1.82) is 0 Å². The van der Waals surface area contributed by atoms with E-state index >= 15 is 0 Å². The van der Waals surface area contributed by atoms with E-state index in [1.165, 1.54) is 0 Å². The van der Waals surface area contributed by atoms with Crippen LogP contribution in [0.5, 0.6) is 0 Å². The fourth-order valence-corrected chi connectivity index (χ4v) is 4.94. The third kappa shape index (κ3) is 3.24. The van der Waals surface area contributed by atoms with Crippen LogP contribution < -0.4 is 5.32 Å². The van der Waals surface area contributed by atoms with Crippen LogP contribution >= 0.6 is 11.6 Å². The molecule has 152 valence electrons. The highest BCUT2D eigenvalue weighted by atomic mass is 35.5. The summed E-state index contributed by atoms with van der Waals surface area (Å²) in [5.74, 6) is -3.41. The molecular formula is C21H21ClN2O5. The van der Waals surface area contributed by atoms with Crippen LogP contribution in [0.25, 0.3) is 0 Å². The van der Waals surface area contributed by atoms with Crippen LogP contribution in [0.3, 0.4) is 0 Å². The highest BCUT2D eigenvalue weighted by molar-refractivity contribution is 6.31. The predicted octanol–water partition coefficient (Wildman–Crippen LogP) is 2.57. The monoisotopic (exact) mass is 416 g/mol. The van der Waals surface area contributed by atoms with E-state index in [-0.39, 0.29) is 23.4 Å². The van der Waals surface area contributed by atoms with Gasteiger partial charge in [0, 0.05) is 36.9 Å². The normalized spacial score (nSPS) is 22.9. The van der Waals surface area contributed by atoms with Gasteiger partial charge in [0.2, 0.25) is 11.8 Å². The van der Waals surface area contributed by atoms with E-state index in [1.54, 1.807) is 23.8 Å². The van der Waals surface area contributed by atoms with Crippen LogP contribution in [-0.2, 0) is 27.3 Å². The first-order chi connectivity index (χ1) is 13.9. The summed E-state index contributed by atoms with van der Waals surface area (Å²) in [6, 6.07) is 8.83. The Hall–Kier alpha value is -2.64. The fourth-order valence-electron chi connectivity index (χ4n) is 4.67. The van der Waals surface area contributed by atoms with Crippen LogP contribution in [0, 0.1) is 5.92 Å². The summed E-state index contributed by atoms with van der Waals surface area (Å²) in [5, 5.41) is 12.7. The number of rotatable bonds is 6. The third-order valence-corrected chi connectivity index (χ3v) is 6.21. The fraction of sp³-hybridized carbons (Fsp3) is 0.381. The molecule has 2 heterocycles. The van der Waals surface area contributed by atoms with Crippen molar-refractivity contribution < 1.29 is 24.2 Å². The SMILES string of the molecule is COCCCn1c(C(=O)O)cc2c1CC(c1ccccc1Cl)C1C(=O)NC(=O)C21. The summed E-state index contributed by atoms with van der Waals surface area (Å²) < 4.78 is 6.85. The lowest BCUT2D eigenvalue weighted by Gasteiger charge is -2.32. The first-order valence-electron chi connectivity index (χ1n) is 9.47. The number of carbonyl (C=O) groups is 3. The minimum Gasteiger partial charge on any atom is -0.477 e. The Bertz CT molecular complexity index is 999. The van der Waals surface area contributed by atoms with Crippen LogP contribution in [0.4, 0.5) is 0 Å². The summed E-state index contributed by atoms with van der Waals surface area (Å²) >= 11 is 6.42. The van der Waals surface area contributed by atoms with Gasteiger partial charge in [0.15, 0.2) is 0 Å². The van der Waals surface area contributed by atoms with Crippen LogP contribution in [0.1, 0.15) is 45.6 Å². The molecule has 2 N–H and O–H groups in total. The van der Waals surface area contributed by atoms with E-state index in [1.807, 2.05) is 18.2 Å². The number of fused-ring (bicyclic) bond motifs is 3. The van der Waals surface area contributed by atoms with Crippen molar-refractivity contribution in [2.24, 2.45) is 5.92 Å². The zero-order valence-electron chi connectivity index (χ0n) is 15.9. The Balaban J connectivity index is 1.86. The number of carboxylic acid groups (broad SMARTS) is 1. The lowest BCUT2D eigenvalue weighted by atomic mass is 9.69. The van der Waals surface area contributed by atoms with Gasteiger partial charge in [0.1, 0.15) is 5.69 Å². The highest BCUT2D eigenvalue weighted by Gasteiger charge is 2.52. The summed E-state index contributed by atoms with van der Waals surface area (Å²) in [5.41, 5.74) is 2.31. The number of hydrogen-bond donors (Lipinski definition) is 2. The second-order valence-electron chi connectivity index (χ2n) is 7.42. The van der Waals surface area contributed by atoms with Crippen LogP contribution in [-0.4, -0.2) is 41.2 Å². The largest absolute Gasteiger partial charge is 0.477 e. The molecule has 2 aromatic rings. The molecule has 2 amide bonds. The van der Waals surface area contributed by atoms with Crippen LogP contribution in [0.2, 0.25) is 5.02 Å². The number of aromatic carboxylic acids is 1. The average molecular weight is 417 g/mol. The number of nitrogens with zero attached hydrogens (tertiary/aromatic N) is 1. The lowest BCUT2D eigenvalue weighted by molar-refractivity contribution is -0.126. The molecule has 3 atom stereocenters. The molecule has 8 heteroatoms. The Labute approximate surface area is 172 Å². The number of aromatic nitrogens is 1. The molecule has 0 saturated carbocycles. The molecule has 1 saturated heterocycles. The van der Waals surface area contributed by atoms with E-state index in [9.17, 15) is 19.5 Å². The molecular weight excluding hydrogens is 396 g/mol. The second-order valence-corrected chi connectivity index (χ2v) is 7.83. The molecule has 3 unspecified atom stereocenters. The Morgan fingerprint density at radius 1 is 1.28 bits per heavy atom. The average Bonchev–Trinajstić information content (AvgIpc) is 3.19. The quantitative estimate of drug-likeness (QED) is 0.557. The molecule has 1 aromatic heterocycles. The van der Waals surface area contributed by atoms with Crippen molar-refractivity contribution >= 4 is 29.4 Å². The lowest BCUT2D eigenvalue weighted by Crippen LogP contribution is -2.32. The number of methoxy groups -OCH3 is 1. The highest BCUT2D eigenvalue weighted by Crippen LogP contribution is 2.49. The number of amides is 2. The minimum atomic E-state index is -1.06. The number of benzene rings is 1. The molecule has 0 bridgehead atoms. The topological polar surface area (TPSA) is 97.6 Å². The predicted molar refractivity (Wildman–Crippen MR) is 105 cm³/mol. The van der Waals surface area contributed by atoms with E-state index < -0.39 is 17.8 Å². The van der Waals surface area contributed by atoms with E-state index in [0.717, 1.165) is 11.3 Å². The number of carboxylic acids is 1. The molecule has 4 rings (SSSR count). The molecule has 1 aliphatic heterocycles. The van der Waals surface area contributed by atoms with Crippen molar-refractivity contribution in [1.82, 2.24) is 9.88 Å². The van der Waals surface area contributed by atoms with Gasteiger partial charge in [-0.1, -0.05) is 29.8 Å².